The molecule has 0 radical (unpaired) electrons. The SMILES string of the molecule is COc1ccc(C2(C)CNCC(C)(C)O2)cc1OC. The summed E-state index contributed by atoms with van der Waals surface area (Å²) in [5.41, 5.74) is 0.548. The first-order valence-corrected chi connectivity index (χ1v) is 6.54. The van der Waals surface area contributed by atoms with Crippen LogP contribution in [0.5, 0.6) is 11.5 Å². The van der Waals surface area contributed by atoms with E-state index in [2.05, 4.69) is 26.1 Å². The minimum absolute atomic E-state index is 0.180. The fourth-order valence-electron chi connectivity index (χ4n) is 2.61. The number of benzene rings is 1. The van der Waals surface area contributed by atoms with E-state index in [1.54, 1.807) is 14.2 Å². The van der Waals surface area contributed by atoms with Gasteiger partial charge in [-0.1, -0.05) is 6.07 Å². The molecule has 1 aliphatic rings. The first kappa shape index (κ1) is 14.2. The maximum absolute atomic E-state index is 6.26. The Kier molecular flexibility index (Phi) is 3.74. The van der Waals surface area contributed by atoms with Gasteiger partial charge in [-0.25, -0.2) is 0 Å². The lowest BCUT2D eigenvalue weighted by atomic mass is 9.91. The van der Waals surface area contributed by atoms with Crippen LogP contribution in [0.15, 0.2) is 18.2 Å². The molecule has 0 saturated carbocycles. The molecular formula is C15H23NO3. The molecule has 1 aromatic rings. The lowest BCUT2D eigenvalue weighted by Crippen LogP contribution is -2.55. The maximum Gasteiger partial charge on any atom is 0.161 e. The van der Waals surface area contributed by atoms with Crippen molar-refractivity contribution in [2.75, 3.05) is 27.3 Å². The Bertz CT molecular complexity index is 459. The zero-order chi connectivity index (χ0) is 14.1. The average Bonchev–Trinajstić information content (AvgIpc) is 2.36. The normalized spacial score (nSPS) is 25.9. The van der Waals surface area contributed by atoms with Crippen molar-refractivity contribution < 1.29 is 14.2 Å². The molecule has 1 saturated heterocycles. The minimum atomic E-state index is -0.360. The van der Waals surface area contributed by atoms with Crippen LogP contribution in [0.2, 0.25) is 0 Å². The molecule has 1 aromatic carbocycles. The van der Waals surface area contributed by atoms with Gasteiger partial charge in [-0.2, -0.15) is 0 Å². The standard InChI is InChI=1S/C15H23NO3/c1-14(2)9-16-10-15(3,19-14)11-6-7-12(17-4)13(8-11)18-5/h6-8,16H,9-10H2,1-5H3. The zero-order valence-electron chi connectivity index (χ0n) is 12.4. The van der Waals surface area contributed by atoms with Crippen molar-refractivity contribution in [2.24, 2.45) is 0 Å². The molecule has 0 aliphatic carbocycles. The second kappa shape index (κ2) is 5.02. The lowest BCUT2D eigenvalue weighted by Gasteiger charge is -2.44. The van der Waals surface area contributed by atoms with Gasteiger partial charge in [-0.3, -0.25) is 0 Å². The molecule has 1 atom stereocenters. The van der Waals surface area contributed by atoms with E-state index < -0.39 is 0 Å². The van der Waals surface area contributed by atoms with E-state index >= 15 is 0 Å². The molecule has 0 spiro atoms. The summed E-state index contributed by atoms with van der Waals surface area (Å²) in [6.07, 6.45) is 0. The summed E-state index contributed by atoms with van der Waals surface area (Å²) in [7, 11) is 3.29. The smallest absolute Gasteiger partial charge is 0.161 e. The van der Waals surface area contributed by atoms with Crippen LogP contribution in [0.3, 0.4) is 0 Å². The van der Waals surface area contributed by atoms with Crippen molar-refractivity contribution in [3.05, 3.63) is 23.8 Å². The van der Waals surface area contributed by atoms with E-state index in [9.17, 15) is 0 Å². The molecule has 1 heterocycles. The monoisotopic (exact) mass is 265 g/mol. The van der Waals surface area contributed by atoms with Crippen molar-refractivity contribution in [3.8, 4) is 11.5 Å². The van der Waals surface area contributed by atoms with Gasteiger partial charge in [0.15, 0.2) is 11.5 Å². The number of hydrogen-bond acceptors (Lipinski definition) is 4. The number of nitrogens with one attached hydrogen (secondary N) is 1. The van der Waals surface area contributed by atoms with Gasteiger partial charge in [0.2, 0.25) is 0 Å². The molecule has 19 heavy (non-hydrogen) atoms. The van der Waals surface area contributed by atoms with Crippen LogP contribution in [0.1, 0.15) is 26.3 Å². The predicted molar refractivity (Wildman–Crippen MR) is 74.9 cm³/mol. The van der Waals surface area contributed by atoms with E-state index in [4.69, 9.17) is 14.2 Å². The molecule has 4 heteroatoms. The van der Waals surface area contributed by atoms with Gasteiger partial charge in [0.25, 0.3) is 0 Å². The molecule has 1 fully saturated rings. The van der Waals surface area contributed by atoms with Crippen molar-refractivity contribution in [3.63, 3.8) is 0 Å². The van der Waals surface area contributed by atoms with Crippen LogP contribution < -0.4 is 14.8 Å². The summed E-state index contributed by atoms with van der Waals surface area (Å²) in [6, 6.07) is 5.94. The van der Waals surface area contributed by atoms with Gasteiger partial charge in [0, 0.05) is 13.1 Å². The Hall–Kier alpha value is -1.26. The molecule has 0 bridgehead atoms. The number of rotatable bonds is 3. The lowest BCUT2D eigenvalue weighted by molar-refractivity contribution is -0.157. The van der Waals surface area contributed by atoms with Gasteiger partial charge in [-0.05, 0) is 38.5 Å². The Morgan fingerprint density at radius 3 is 2.32 bits per heavy atom. The van der Waals surface area contributed by atoms with E-state index in [1.165, 1.54) is 0 Å². The first-order chi connectivity index (χ1) is 8.90. The van der Waals surface area contributed by atoms with Crippen molar-refractivity contribution in [1.29, 1.82) is 0 Å². The second-order valence-electron chi connectivity index (χ2n) is 5.77. The maximum atomic E-state index is 6.26. The van der Waals surface area contributed by atoms with E-state index in [0.717, 1.165) is 30.2 Å². The zero-order valence-corrected chi connectivity index (χ0v) is 12.4. The molecular weight excluding hydrogens is 242 g/mol. The van der Waals surface area contributed by atoms with E-state index in [1.807, 2.05) is 18.2 Å². The van der Waals surface area contributed by atoms with Gasteiger partial charge < -0.3 is 19.5 Å². The molecule has 2 rings (SSSR count). The van der Waals surface area contributed by atoms with Gasteiger partial charge in [0.05, 0.1) is 19.8 Å². The molecule has 106 valence electrons. The quantitative estimate of drug-likeness (QED) is 0.910. The highest BCUT2D eigenvalue weighted by Gasteiger charge is 2.38. The summed E-state index contributed by atoms with van der Waals surface area (Å²) in [5, 5.41) is 3.43. The Morgan fingerprint density at radius 2 is 1.74 bits per heavy atom. The highest BCUT2D eigenvalue weighted by Crippen LogP contribution is 2.37. The summed E-state index contributed by atoms with van der Waals surface area (Å²) < 4.78 is 16.9. The Labute approximate surface area is 115 Å². The highest BCUT2D eigenvalue weighted by atomic mass is 16.5. The van der Waals surface area contributed by atoms with Crippen LogP contribution in [-0.2, 0) is 10.3 Å². The third kappa shape index (κ3) is 2.85. The number of ether oxygens (including phenoxy) is 3. The van der Waals surface area contributed by atoms with Gasteiger partial charge in [-0.15, -0.1) is 0 Å². The van der Waals surface area contributed by atoms with Crippen molar-refractivity contribution >= 4 is 0 Å². The largest absolute Gasteiger partial charge is 0.493 e. The second-order valence-corrected chi connectivity index (χ2v) is 5.77. The molecule has 1 aliphatic heterocycles. The third-order valence-corrected chi connectivity index (χ3v) is 3.51. The van der Waals surface area contributed by atoms with Gasteiger partial charge >= 0.3 is 0 Å². The fourth-order valence-corrected chi connectivity index (χ4v) is 2.61. The highest BCUT2D eigenvalue weighted by molar-refractivity contribution is 5.44. The van der Waals surface area contributed by atoms with Gasteiger partial charge in [0.1, 0.15) is 5.60 Å². The number of morpholine rings is 1. The Balaban J connectivity index is 2.35. The summed E-state index contributed by atoms with van der Waals surface area (Å²) >= 11 is 0. The molecule has 1 N–H and O–H groups in total. The number of hydrogen-bond donors (Lipinski definition) is 1. The number of methoxy groups -OCH3 is 2. The van der Waals surface area contributed by atoms with Crippen LogP contribution in [0.4, 0.5) is 0 Å². The average molecular weight is 265 g/mol. The van der Waals surface area contributed by atoms with E-state index in [0.29, 0.717) is 0 Å². The summed E-state index contributed by atoms with van der Waals surface area (Å²) in [6.45, 7) is 7.93. The first-order valence-electron chi connectivity index (χ1n) is 6.54. The third-order valence-electron chi connectivity index (χ3n) is 3.51. The molecule has 4 nitrogen and oxygen atoms in total. The van der Waals surface area contributed by atoms with Crippen molar-refractivity contribution in [2.45, 2.75) is 32.0 Å². The predicted octanol–water partition coefficient (Wildman–Crippen LogP) is 2.32. The summed E-state index contributed by atoms with van der Waals surface area (Å²) in [4.78, 5) is 0. The molecule has 1 unspecified atom stereocenters. The minimum Gasteiger partial charge on any atom is -0.493 e. The van der Waals surface area contributed by atoms with Crippen LogP contribution >= 0.6 is 0 Å². The van der Waals surface area contributed by atoms with Crippen LogP contribution in [0.25, 0.3) is 0 Å². The van der Waals surface area contributed by atoms with Crippen LogP contribution in [-0.4, -0.2) is 32.9 Å². The van der Waals surface area contributed by atoms with Crippen LogP contribution in [0, 0.1) is 0 Å². The van der Waals surface area contributed by atoms with Crippen molar-refractivity contribution in [1.82, 2.24) is 5.32 Å². The van der Waals surface area contributed by atoms with E-state index in [-0.39, 0.29) is 11.2 Å². The molecule has 0 amide bonds. The Morgan fingerprint density at radius 1 is 1.05 bits per heavy atom. The summed E-state index contributed by atoms with van der Waals surface area (Å²) in [5.74, 6) is 1.46. The molecule has 0 aromatic heterocycles. The topological polar surface area (TPSA) is 39.7 Å². The fraction of sp³-hybridized carbons (Fsp3) is 0.600.